The summed E-state index contributed by atoms with van der Waals surface area (Å²) in [5.41, 5.74) is 1.79. The van der Waals surface area contributed by atoms with E-state index in [0.717, 1.165) is 38.8 Å². The molecule has 0 radical (unpaired) electrons. The second-order valence-corrected chi connectivity index (χ2v) is 9.86. The summed E-state index contributed by atoms with van der Waals surface area (Å²) in [7, 11) is 3.67. The van der Waals surface area contributed by atoms with Gasteiger partial charge in [-0.2, -0.15) is 4.98 Å². The highest BCUT2D eigenvalue weighted by atomic mass is 16.5. The van der Waals surface area contributed by atoms with E-state index >= 15 is 0 Å². The highest BCUT2D eigenvalue weighted by Gasteiger charge is 2.29. The lowest BCUT2D eigenvalue weighted by Gasteiger charge is -2.34. The molecular formula is C26H35N7O4. The van der Waals surface area contributed by atoms with Crippen molar-refractivity contribution in [1.29, 1.82) is 0 Å². The molecule has 0 spiro atoms. The summed E-state index contributed by atoms with van der Waals surface area (Å²) < 4.78 is 11.1. The zero-order valence-electron chi connectivity index (χ0n) is 21.5. The normalized spacial score (nSPS) is 19.5. The third kappa shape index (κ3) is 5.94. The van der Waals surface area contributed by atoms with Crippen molar-refractivity contribution in [2.75, 3.05) is 62.5 Å². The zero-order chi connectivity index (χ0) is 25.8. The van der Waals surface area contributed by atoms with Crippen molar-refractivity contribution in [2.24, 2.45) is 0 Å². The predicted octanol–water partition coefficient (Wildman–Crippen LogP) is 2.38. The van der Waals surface area contributed by atoms with E-state index < -0.39 is 0 Å². The van der Waals surface area contributed by atoms with E-state index in [1.54, 1.807) is 31.5 Å². The Hall–Kier alpha value is -3.44. The Balaban J connectivity index is 1.34. The number of ether oxygens (including phenoxy) is 2. The van der Waals surface area contributed by atoms with E-state index in [9.17, 15) is 9.59 Å². The van der Waals surface area contributed by atoms with E-state index in [2.05, 4.69) is 37.8 Å². The number of methoxy groups -OCH3 is 1. The Morgan fingerprint density at radius 2 is 1.95 bits per heavy atom. The molecule has 3 aliphatic rings. The third-order valence-corrected chi connectivity index (χ3v) is 7.29. The Bertz CT molecular complexity index is 1130. The minimum atomic E-state index is -0.108. The van der Waals surface area contributed by atoms with Crippen molar-refractivity contribution in [2.45, 2.75) is 44.2 Å². The van der Waals surface area contributed by atoms with Crippen molar-refractivity contribution in [3.63, 3.8) is 0 Å². The summed E-state index contributed by atoms with van der Waals surface area (Å²) in [4.78, 5) is 38.8. The maximum Gasteiger partial charge on any atom is 0.251 e. The van der Waals surface area contributed by atoms with Crippen LogP contribution in [0.1, 0.15) is 42.5 Å². The molecule has 0 unspecified atom stereocenters. The van der Waals surface area contributed by atoms with Crippen molar-refractivity contribution in [3.8, 4) is 5.75 Å². The van der Waals surface area contributed by atoms with E-state index in [0.29, 0.717) is 60.6 Å². The zero-order valence-corrected chi connectivity index (χ0v) is 21.5. The molecule has 2 saturated heterocycles. The van der Waals surface area contributed by atoms with Crippen molar-refractivity contribution in [3.05, 3.63) is 30.0 Å². The summed E-state index contributed by atoms with van der Waals surface area (Å²) in [5.74, 6) is 1.45. The molecule has 4 heterocycles. The lowest BCUT2D eigenvalue weighted by atomic mass is 10.0. The molecule has 0 bridgehead atoms. The fourth-order valence-corrected chi connectivity index (χ4v) is 5.11. The first-order valence-electron chi connectivity index (χ1n) is 13.0. The smallest absolute Gasteiger partial charge is 0.251 e. The van der Waals surface area contributed by atoms with E-state index in [1.807, 2.05) is 0 Å². The van der Waals surface area contributed by atoms with Crippen molar-refractivity contribution < 1.29 is 19.1 Å². The van der Waals surface area contributed by atoms with Crippen LogP contribution >= 0.6 is 0 Å². The lowest BCUT2D eigenvalue weighted by Crippen LogP contribution is -2.43. The fourth-order valence-electron chi connectivity index (χ4n) is 5.11. The summed E-state index contributed by atoms with van der Waals surface area (Å²) >= 11 is 0. The van der Waals surface area contributed by atoms with Gasteiger partial charge in [0, 0.05) is 43.8 Å². The van der Waals surface area contributed by atoms with Crippen LogP contribution in [0.2, 0.25) is 0 Å². The van der Waals surface area contributed by atoms with Crippen LogP contribution < -0.4 is 25.6 Å². The number of anilines is 4. The average Bonchev–Trinajstić information content (AvgIpc) is 3.08. The highest BCUT2D eigenvalue weighted by molar-refractivity contribution is 5.96. The molecule has 37 heavy (non-hydrogen) atoms. The van der Waals surface area contributed by atoms with Crippen LogP contribution in [-0.2, 0) is 9.53 Å². The summed E-state index contributed by atoms with van der Waals surface area (Å²) in [6.45, 7) is 3.94. The summed E-state index contributed by atoms with van der Waals surface area (Å²) in [6.07, 6.45) is 5.69. The topological polar surface area (TPSA) is 121 Å². The molecule has 11 heteroatoms. The van der Waals surface area contributed by atoms with Crippen LogP contribution in [0.4, 0.5) is 23.1 Å². The van der Waals surface area contributed by atoms with Crippen LogP contribution in [0.15, 0.2) is 24.4 Å². The van der Waals surface area contributed by atoms with Crippen LogP contribution in [0.25, 0.3) is 0 Å². The number of fused-ring (bicyclic) bond motifs is 1. The van der Waals surface area contributed by atoms with E-state index in [-0.39, 0.29) is 23.9 Å². The number of rotatable bonds is 6. The van der Waals surface area contributed by atoms with Crippen LogP contribution in [-0.4, -0.2) is 85.8 Å². The number of likely N-dealkylation sites (tertiary alicyclic amines) is 1. The molecule has 1 aromatic heterocycles. The van der Waals surface area contributed by atoms with Gasteiger partial charge in [-0.15, -0.1) is 0 Å². The molecule has 5 rings (SSSR count). The quantitative estimate of drug-likeness (QED) is 0.539. The van der Waals surface area contributed by atoms with Gasteiger partial charge < -0.3 is 35.2 Å². The van der Waals surface area contributed by atoms with Gasteiger partial charge >= 0.3 is 0 Å². The van der Waals surface area contributed by atoms with E-state index in [1.165, 1.54) is 0 Å². The number of carbonyl (C=O) groups excluding carboxylic acids is 2. The maximum atomic E-state index is 12.9. The molecule has 3 aliphatic heterocycles. The Kier molecular flexibility index (Phi) is 7.71. The van der Waals surface area contributed by atoms with Crippen LogP contribution in [0.3, 0.4) is 0 Å². The minimum Gasteiger partial charge on any atom is -0.495 e. The highest BCUT2D eigenvalue weighted by Crippen LogP contribution is 2.33. The maximum absolute atomic E-state index is 12.9. The number of nitrogens with one attached hydrogen (secondary N) is 3. The second kappa shape index (κ2) is 11.3. The van der Waals surface area contributed by atoms with E-state index in [4.69, 9.17) is 14.5 Å². The van der Waals surface area contributed by atoms with Crippen LogP contribution in [0, 0.1) is 0 Å². The number of piperidine rings is 1. The molecule has 198 valence electrons. The van der Waals surface area contributed by atoms with Gasteiger partial charge in [0.2, 0.25) is 11.9 Å². The number of amides is 2. The SMILES string of the molecule is COc1cc(C(=O)NC2CCN(C)CC2)ccc1Nc1ncc2c(n1)N(C1CCOCC1)CCC(=O)N2. The Morgan fingerprint density at radius 1 is 1.16 bits per heavy atom. The minimum absolute atomic E-state index is 0.0455. The molecule has 2 amide bonds. The first kappa shape index (κ1) is 25.2. The molecular weight excluding hydrogens is 474 g/mol. The van der Waals surface area contributed by atoms with Gasteiger partial charge in [-0.3, -0.25) is 9.59 Å². The molecule has 3 N–H and O–H groups in total. The molecule has 0 saturated carbocycles. The summed E-state index contributed by atoms with van der Waals surface area (Å²) in [6, 6.07) is 5.73. The third-order valence-electron chi connectivity index (χ3n) is 7.29. The second-order valence-electron chi connectivity index (χ2n) is 9.86. The monoisotopic (exact) mass is 509 g/mol. The summed E-state index contributed by atoms with van der Waals surface area (Å²) in [5, 5.41) is 9.30. The molecule has 11 nitrogen and oxygen atoms in total. The van der Waals surface area contributed by atoms with Gasteiger partial charge in [-0.1, -0.05) is 0 Å². The molecule has 2 aromatic rings. The molecule has 2 fully saturated rings. The van der Waals surface area contributed by atoms with Crippen molar-refractivity contribution in [1.82, 2.24) is 20.2 Å². The average molecular weight is 510 g/mol. The number of aromatic nitrogens is 2. The van der Waals surface area contributed by atoms with Gasteiger partial charge in [-0.25, -0.2) is 4.98 Å². The predicted molar refractivity (Wildman–Crippen MR) is 141 cm³/mol. The van der Waals surface area contributed by atoms with Gasteiger partial charge in [0.15, 0.2) is 5.82 Å². The van der Waals surface area contributed by atoms with Gasteiger partial charge in [-0.05, 0) is 64.0 Å². The lowest BCUT2D eigenvalue weighted by molar-refractivity contribution is -0.116. The number of hydrogen-bond donors (Lipinski definition) is 3. The number of hydrogen-bond acceptors (Lipinski definition) is 9. The Labute approximate surface area is 216 Å². The fraction of sp³-hybridized carbons (Fsp3) is 0.538. The Morgan fingerprint density at radius 3 is 2.70 bits per heavy atom. The number of benzene rings is 1. The number of nitrogens with zero attached hydrogens (tertiary/aromatic N) is 4. The van der Waals surface area contributed by atoms with Gasteiger partial charge in [0.05, 0.1) is 19.0 Å². The first-order chi connectivity index (χ1) is 18.0. The van der Waals surface area contributed by atoms with Crippen LogP contribution in [0.5, 0.6) is 5.75 Å². The molecule has 0 atom stereocenters. The molecule has 1 aromatic carbocycles. The first-order valence-corrected chi connectivity index (χ1v) is 13.0. The van der Waals surface area contributed by atoms with Crippen molar-refractivity contribution >= 4 is 35.0 Å². The molecule has 0 aliphatic carbocycles. The number of carbonyl (C=O) groups is 2. The largest absolute Gasteiger partial charge is 0.495 e. The van der Waals surface area contributed by atoms with Gasteiger partial charge in [0.1, 0.15) is 11.4 Å². The van der Waals surface area contributed by atoms with Gasteiger partial charge in [0.25, 0.3) is 5.91 Å². The standard InChI is InChI=1S/C26H35N7O4/c1-32-10-5-18(6-11-32)28-25(35)17-3-4-20(22(15-17)36-2)30-26-27-16-21-24(31-26)33(12-7-23(34)29-21)19-8-13-37-14-9-19/h3-4,15-16,18-19H,5-14H2,1-2H3,(H,28,35)(H,29,34)(H,27,30,31).